The second-order valence-electron chi connectivity index (χ2n) is 2.72. The van der Waals surface area contributed by atoms with E-state index in [0.29, 0.717) is 0 Å². The molecule has 5 nitrogen and oxygen atoms in total. The van der Waals surface area contributed by atoms with Crippen molar-refractivity contribution in [2.45, 2.75) is 29.9 Å². The highest BCUT2D eigenvalue weighted by molar-refractivity contribution is 7.80. The van der Waals surface area contributed by atoms with Crippen LogP contribution >= 0.6 is 12.6 Å². The summed E-state index contributed by atoms with van der Waals surface area (Å²) in [6.07, 6.45) is -4.70. The Morgan fingerprint density at radius 3 is 2.17 bits per heavy atom. The highest BCUT2D eigenvalue weighted by atomic mass is 32.1. The van der Waals surface area contributed by atoms with E-state index in [1.807, 2.05) is 0 Å². The van der Waals surface area contributed by atoms with Gasteiger partial charge in [0, 0.05) is 0 Å². The Labute approximate surface area is 75.0 Å². The fraction of sp³-hybridized carbons (Fsp3) is 1.00. The summed E-state index contributed by atoms with van der Waals surface area (Å²) in [5.41, 5.74) is -0.874. The zero-order valence-corrected chi connectivity index (χ0v) is 7.13. The van der Waals surface area contributed by atoms with Crippen molar-refractivity contribution in [1.29, 1.82) is 0 Å². The summed E-state index contributed by atoms with van der Waals surface area (Å²) in [6, 6.07) is 0. The van der Waals surface area contributed by atoms with Crippen molar-refractivity contribution in [1.82, 2.24) is 0 Å². The first kappa shape index (κ1) is 10.2. The van der Waals surface area contributed by atoms with Crippen LogP contribution in [0.5, 0.6) is 0 Å². The molecule has 1 aliphatic heterocycles. The van der Waals surface area contributed by atoms with E-state index >= 15 is 0 Å². The second kappa shape index (κ2) is 3.91. The Balaban J connectivity index is 2.63. The van der Waals surface area contributed by atoms with Gasteiger partial charge in [-0.3, -0.25) is 0 Å². The maximum atomic E-state index is 9.20. The molecule has 1 heterocycles. The van der Waals surface area contributed by atoms with Crippen molar-refractivity contribution in [3.63, 3.8) is 0 Å². The van der Waals surface area contributed by atoms with Gasteiger partial charge < -0.3 is 25.2 Å². The predicted octanol–water partition coefficient (Wildman–Crippen LogP) is -2.28. The molecule has 0 unspecified atom stereocenters. The molecule has 72 valence electrons. The van der Waals surface area contributed by atoms with Crippen molar-refractivity contribution in [2.24, 2.45) is 0 Å². The Kier molecular flexibility index (Phi) is 3.33. The van der Waals surface area contributed by atoms with Crippen molar-refractivity contribution < 1.29 is 25.2 Å². The van der Waals surface area contributed by atoms with Crippen LogP contribution in [-0.2, 0) is 4.74 Å². The van der Waals surface area contributed by atoms with E-state index in [1.54, 1.807) is 0 Å². The molecule has 0 aromatic rings. The van der Waals surface area contributed by atoms with Crippen LogP contribution in [0.25, 0.3) is 0 Å². The normalized spacial score (nSPS) is 49.2. The standard InChI is InChI=1S/C6H12O5S/c7-1-2-3(8)4(9)5(10)6(12)11-2/h2-10,12H,1H2/t2-,3+,4-,5-,6+/m1/s1. The first-order valence-corrected chi connectivity index (χ1v) is 4.08. The van der Waals surface area contributed by atoms with Crippen molar-refractivity contribution in [3.8, 4) is 0 Å². The number of rotatable bonds is 1. The van der Waals surface area contributed by atoms with Gasteiger partial charge >= 0.3 is 0 Å². The molecule has 0 bridgehead atoms. The van der Waals surface area contributed by atoms with E-state index in [1.165, 1.54) is 0 Å². The van der Waals surface area contributed by atoms with Gasteiger partial charge in [-0.1, -0.05) is 0 Å². The first-order valence-electron chi connectivity index (χ1n) is 3.56. The third kappa shape index (κ3) is 1.73. The van der Waals surface area contributed by atoms with Crippen molar-refractivity contribution in [3.05, 3.63) is 0 Å². The lowest BCUT2D eigenvalue weighted by Crippen LogP contribution is -2.56. The van der Waals surface area contributed by atoms with Gasteiger partial charge in [-0.05, 0) is 0 Å². The monoisotopic (exact) mass is 196 g/mol. The molecule has 1 aliphatic rings. The number of ether oxygens (including phenoxy) is 1. The molecule has 4 N–H and O–H groups in total. The minimum Gasteiger partial charge on any atom is -0.394 e. The maximum Gasteiger partial charge on any atom is 0.129 e. The zero-order valence-electron chi connectivity index (χ0n) is 6.24. The van der Waals surface area contributed by atoms with Crippen LogP contribution < -0.4 is 0 Å². The lowest BCUT2D eigenvalue weighted by Gasteiger charge is -2.37. The van der Waals surface area contributed by atoms with E-state index in [0.717, 1.165) is 0 Å². The number of thiol groups is 1. The van der Waals surface area contributed by atoms with Crippen molar-refractivity contribution >= 4 is 12.6 Å². The molecule has 0 aromatic carbocycles. The molecule has 1 saturated heterocycles. The predicted molar refractivity (Wildman–Crippen MR) is 42.8 cm³/mol. The van der Waals surface area contributed by atoms with Crippen LogP contribution in [0.3, 0.4) is 0 Å². The fourth-order valence-electron chi connectivity index (χ4n) is 1.08. The number of hydrogen-bond acceptors (Lipinski definition) is 6. The van der Waals surface area contributed by atoms with Crippen molar-refractivity contribution in [2.75, 3.05) is 6.61 Å². The van der Waals surface area contributed by atoms with Crippen LogP contribution in [0, 0.1) is 0 Å². The molecule has 1 rings (SSSR count). The second-order valence-corrected chi connectivity index (χ2v) is 3.23. The average Bonchev–Trinajstić information content (AvgIpc) is 2.08. The third-order valence-corrected chi connectivity index (χ3v) is 2.29. The summed E-state index contributed by atoms with van der Waals surface area (Å²) in [6.45, 7) is -0.415. The van der Waals surface area contributed by atoms with Gasteiger partial charge in [-0.15, -0.1) is 12.6 Å². The highest BCUT2D eigenvalue weighted by Gasteiger charge is 2.41. The molecule has 5 atom stereocenters. The topological polar surface area (TPSA) is 90.2 Å². The molecule has 0 aliphatic carbocycles. The third-order valence-electron chi connectivity index (χ3n) is 1.87. The zero-order chi connectivity index (χ0) is 9.30. The van der Waals surface area contributed by atoms with Gasteiger partial charge in [-0.25, -0.2) is 0 Å². The average molecular weight is 196 g/mol. The minimum atomic E-state index is -1.32. The van der Waals surface area contributed by atoms with Gasteiger partial charge in [0.2, 0.25) is 0 Å². The number of hydrogen-bond donors (Lipinski definition) is 5. The Bertz CT molecular complexity index is 150. The van der Waals surface area contributed by atoms with Crippen LogP contribution in [0.4, 0.5) is 0 Å². The molecule has 0 saturated carbocycles. The van der Waals surface area contributed by atoms with Gasteiger partial charge in [0.1, 0.15) is 29.9 Å². The summed E-state index contributed by atoms with van der Waals surface area (Å²) in [7, 11) is 0. The molecule has 0 aromatic heterocycles. The fourth-order valence-corrected chi connectivity index (χ4v) is 1.41. The molecular weight excluding hydrogens is 184 g/mol. The Morgan fingerprint density at radius 1 is 1.08 bits per heavy atom. The molecule has 0 amide bonds. The van der Waals surface area contributed by atoms with Crippen LogP contribution in [0.2, 0.25) is 0 Å². The van der Waals surface area contributed by atoms with E-state index < -0.39 is 36.5 Å². The van der Waals surface area contributed by atoms with E-state index in [4.69, 9.17) is 14.9 Å². The largest absolute Gasteiger partial charge is 0.394 e. The molecule has 0 spiro atoms. The number of aliphatic hydroxyl groups is 4. The lowest BCUT2D eigenvalue weighted by molar-refractivity contribution is -0.205. The molecule has 12 heavy (non-hydrogen) atoms. The highest BCUT2D eigenvalue weighted by Crippen LogP contribution is 2.22. The minimum absolute atomic E-state index is 0.415. The summed E-state index contributed by atoms with van der Waals surface area (Å²) in [5, 5.41) is 36.2. The van der Waals surface area contributed by atoms with Crippen LogP contribution in [0.15, 0.2) is 0 Å². The molecule has 6 heteroatoms. The summed E-state index contributed by atoms with van der Waals surface area (Å²) >= 11 is 3.81. The van der Waals surface area contributed by atoms with E-state index in [2.05, 4.69) is 12.6 Å². The first-order chi connectivity index (χ1) is 5.57. The van der Waals surface area contributed by atoms with E-state index in [9.17, 15) is 10.2 Å². The SMILES string of the molecule is OC[C@H]1O[C@@H](S)[C@H](O)[C@H](O)[C@H]1O. The molecule has 1 fully saturated rings. The van der Waals surface area contributed by atoms with Gasteiger partial charge in [0.05, 0.1) is 6.61 Å². The van der Waals surface area contributed by atoms with Gasteiger partial charge in [0.25, 0.3) is 0 Å². The number of aliphatic hydroxyl groups excluding tert-OH is 4. The lowest BCUT2D eigenvalue weighted by atomic mass is 10.0. The van der Waals surface area contributed by atoms with Gasteiger partial charge in [0.15, 0.2) is 0 Å². The summed E-state index contributed by atoms with van der Waals surface area (Å²) < 4.78 is 4.88. The molecular formula is C6H12O5S. The molecule has 0 radical (unpaired) electrons. The Hall–Kier alpha value is 0.150. The van der Waals surface area contributed by atoms with Gasteiger partial charge in [-0.2, -0.15) is 0 Å². The van der Waals surface area contributed by atoms with Crippen LogP contribution in [-0.4, -0.2) is 56.9 Å². The summed E-state index contributed by atoms with van der Waals surface area (Å²) in [4.78, 5) is 0. The summed E-state index contributed by atoms with van der Waals surface area (Å²) in [5.74, 6) is 0. The quantitative estimate of drug-likeness (QED) is 0.305. The maximum absolute atomic E-state index is 9.20. The Morgan fingerprint density at radius 2 is 1.67 bits per heavy atom. The van der Waals surface area contributed by atoms with E-state index in [-0.39, 0.29) is 0 Å². The van der Waals surface area contributed by atoms with Crippen LogP contribution in [0.1, 0.15) is 0 Å². The smallest absolute Gasteiger partial charge is 0.129 e.